The standard InChI is InChI=1S/C38H47FN8O4/c1-24-8-6-5-7-13-44-14-15-45(38(50)35(44)34(24)39)36-31(21-48)30(11-12-40-36)27-16-32(37(49)43(4)20-27)42-33-10-9-28(17-41-33)46-18-26(3)47(19-25(46)2)29-22-51-23-29/h9-12,16-17,20,25-26,29,48H,1,5-8,13-15,18-19,21-23H2,2-4H3,(H,41,42)/b35-34+/t25-,26+/m0/s1. The number of aromatic nitrogens is 3. The Hall–Kier alpha value is -4.59. The van der Waals surface area contributed by atoms with E-state index in [0.29, 0.717) is 71.4 Å². The van der Waals surface area contributed by atoms with Crippen LogP contribution in [0.2, 0.25) is 0 Å². The number of fused-ring (bicyclic) bond motifs is 1. The van der Waals surface area contributed by atoms with E-state index in [0.717, 1.165) is 51.3 Å². The van der Waals surface area contributed by atoms with E-state index in [1.54, 1.807) is 31.6 Å². The summed E-state index contributed by atoms with van der Waals surface area (Å²) in [7, 11) is 1.66. The zero-order valence-corrected chi connectivity index (χ0v) is 29.6. The molecule has 7 heterocycles. The van der Waals surface area contributed by atoms with Crippen LogP contribution in [0.1, 0.15) is 45.1 Å². The lowest BCUT2D eigenvalue weighted by Gasteiger charge is -2.50. The van der Waals surface area contributed by atoms with Gasteiger partial charge in [0.05, 0.1) is 37.7 Å². The van der Waals surface area contributed by atoms with Crippen molar-refractivity contribution in [1.29, 1.82) is 0 Å². The van der Waals surface area contributed by atoms with Crippen molar-refractivity contribution in [1.82, 2.24) is 24.3 Å². The molecule has 0 aliphatic carbocycles. The van der Waals surface area contributed by atoms with Crippen LogP contribution < -0.4 is 20.7 Å². The molecule has 270 valence electrons. The molecule has 4 aliphatic heterocycles. The summed E-state index contributed by atoms with van der Waals surface area (Å²) in [5.41, 5.74) is 3.04. The van der Waals surface area contributed by atoms with Crippen molar-refractivity contribution in [3.63, 3.8) is 0 Å². The van der Waals surface area contributed by atoms with Crippen molar-refractivity contribution >= 4 is 28.9 Å². The van der Waals surface area contributed by atoms with Crippen LogP contribution in [0, 0.1) is 0 Å². The Morgan fingerprint density at radius 1 is 1.04 bits per heavy atom. The number of hydrogen-bond donors (Lipinski definition) is 2. The largest absolute Gasteiger partial charge is 0.392 e. The maximum absolute atomic E-state index is 15.7. The number of ether oxygens (including phenoxy) is 1. The molecular formula is C38H47FN8O4. The lowest BCUT2D eigenvalue weighted by molar-refractivity contribution is -0.118. The van der Waals surface area contributed by atoms with Crippen molar-refractivity contribution in [3.8, 4) is 11.1 Å². The molecule has 12 nitrogen and oxygen atoms in total. The molecule has 0 radical (unpaired) electrons. The van der Waals surface area contributed by atoms with Crippen molar-refractivity contribution in [3.05, 3.63) is 82.4 Å². The Labute approximate surface area is 297 Å². The normalized spacial score (nSPS) is 23.7. The van der Waals surface area contributed by atoms with E-state index in [9.17, 15) is 14.7 Å². The highest BCUT2D eigenvalue weighted by atomic mass is 19.1. The molecule has 3 saturated heterocycles. The predicted octanol–water partition coefficient (Wildman–Crippen LogP) is 4.34. The average Bonchev–Trinajstić information content (AvgIpc) is 3.17. The minimum absolute atomic E-state index is 0.00588. The number of nitrogens with one attached hydrogen (secondary N) is 1. The lowest BCUT2D eigenvalue weighted by atomic mass is 10.0. The summed E-state index contributed by atoms with van der Waals surface area (Å²) in [5.74, 6) is -0.296. The van der Waals surface area contributed by atoms with Crippen molar-refractivity contribution < 1.29 is 19.0 Å². The third-order valence-electron chi connectivity index (χ3n) is 10.7. The molecule has 3 fully saturated rings. The first kappa shape index (κ1) is 34.8. The fraction of sp³-hybridized carbons (Fsp3) is 0.474. The molecule has 3 aromatic rings. The molecule has 2 N–H and O–H groups in total. The molecule has 0 aromatic carbocycles. The summed E-state index contributed by atoms with van der Waals surface area (Å²) in [6.07, 6.45) is 8.22. The second kappa shape index (κ2) is 14.6. The molecule has 0 bridgehead atoms. The molecule has 13 heteroatoms. The Morgan fingerprint density at radius 3 is 2.59 bits per heavy atom. The highest BCUT2D eigenvalue weighted by Crippen LogP contribution is 2.35. The van der Waals surface area contributed by atoms with Crippen LogP contribution in [0.3, 0.4) is 0 Å². The van der Waals surface area contributed by atoms with Gasteiger partial charge in [0.25, 0.3) is 11.5 Å². The highest BCUT2D eigenvalue weighted by Gasteiger charge is 2.37. The number of allylic oxidation sites excluding steroid dienone is 2. The predicted molar refractivity (Wildman–Crippen MR) is 196 cm³/mol. The van der Waals surface area contributed by atoms with Gasteiger partial charge in [-0.25, -0.2) is 14.4 Å². The van der Waals surface area contributed by atoms with Gasteiger partial charge in [0, 0.05) is 75.4 Å². The monoisotopic (exact) mass is 698 g/mol. The van der Waals surface area contributed by atoms with Gasteiger partial charge in [0.1, 0.15) is 23.0 Å². The van der Waals surface area contributed by atoms with E-state index in [4.69, 9.17) is 4.74 Å². The van der Waals surface area contributed by atoms with Crippen molar-refractivity contribution in [2.75, 3.05) is 61.1 Å². The molecule has 1 amide bonds. The number of rotatable bonds is 7. The van der Waals surface area contributed by atoms with Crippen molar-refractivity contribution in [2.24, 2.45) is 7.05 Å². The summed E-state index contributed by atoms with van der Waals surface area (Å²) >= 11 is 0. The average molecular weight is 699 g/mol. The summed E-state index contributed by atoms with van der Waals surface area (Å²) in [5, 5.41) is 13.9. The summed E-state index contributed by atoms with van der Waals surface area (Å²) in [6.45, 7) is 12.7. The second-order valence-electron chi connectivity index (χ2n) is 14.2. The summed E-state index contributed by atoms with van der Waals surface area (Å²) in [6, 6.07) is 8.56. The smallest absolute Gasteiger partial charge is 0.278 e. The van der Waals surface area contributed by atoms with E-state index in [1.165, 1.54) is 9.47 Å². The molecule has 0 unspecified atom stereocenters. The Morgan fingerprint density at radius 2 is 1.86 bits per heavy atom. The zero-order valence-electron chi connectivity index (χ0n) is 29.6. The number of pyridine rings is 3. The minimum Gasteiger partial charge on any atom is -0.392 e. The van der Waals surface area contributed by atoms with Crippen molar-refractivity contribution in [2.45, 2.75) is 64.3 Å². The quantitative estimate of drug-likeness (QED) is 0.369. The highest BCUT2D eigenvalue weighted by molar-refractivity contribution is 6.07. The summed E-state index contributed by atoms with van der Waals surface area (Å²) in [4.78, 5) is 44.6. The minimum atomic E-state index is -0.574. The Bertz CT molecular complexity index is 1890. The van der Waals surface area contributed by atoms with Crippen LogP contribution in [-0.4, -0.2) is 99.4 Å². The number of anilines is 4. The van der Waals surface area contributed by atoms with Crippen LogP contribution in [0.5, 0.6) is 0 Å². The first-order valence-electron chi connectivity index (χ1n) is 17.9. The number of carbonyl (C=O) groups excluding carboxylic acids is 1. The number of aliphatic hydroxyl groups excluding tert-OH is 1. The van der Waals surface area contributed by atoms with E-state index in [2.05, 4.69) is 45.5 Å². The number of carbonyl (C=O) groups is 1. The van der Waals surface area contributed by atoms with Gasteiger partial charge in [-0.2, -0.15) is 0 Å². The number of hydrogen-bond acceptors (Lipinski definition) is 10. The van der Waals surface area contributed by atoms with Crippen LogP contribution in [0.25, 0.3) is 11.1 Å². The van der Waals surface area contributed by atoms with Crippen LogP contribution in [-0.2, 0) is 23.2 Å². The van der Waals surface area contributed by atoms with Gasteiger partial charge in [-0.15, -0.1) is 0 Å². The third kappa shape index (κ3) is 6.77. The first-order valence-corrected chi connectivity index (χ1v) is 17.9. The van der Waals surface area contributed by atoms with E-state index < -0.39 is 18.3 Å². The number of aliphatic hydroxyl groups is 1. The maximum atomic E-state index is 15.7. The fourth-order valence-electron chi connectivity index (χ4n) is 7.74. The van der Waals surface area contributed by atoms with Gasteiger partial charge in [-0.1, -0.05) is 13.0 Å². The van der Waals surface area contributed by atoms with E-state index in [1.807, 2.05) is 23.2 Å². The van der Waals surface area contributed by atoms with Gasteiger partial charge < -0.3 is 29.5 Å². The summed E-state index contributed by atoms with van der Waals surface area (Å²) < 4.78 is 22.6. The zero-order chi connectivity index (χ0) is 35.8. The lowest BCUT2D eigenvalue weighted by Crippen LogP contribution is -2.63. The number of nitrogens with zero attached hydrogens (tertiary/aromatic N) is 7. The topological polar surface area (TPSA) is 119 Å². The molecular weight excluding hydrogens is 651 g/mol. The number of amides is 1. The third-order valence-corrected chi connectivity index (χ3v) is 10.7. The van der Waals surface area contributed by atoms with E-state index in [-0.39, 0.29) is 23.6 Å². The first-order chi connectivity index (χ1) is 24.6. The molecule has 7 rings (SSSR count). The van der Waals surface area contributed by atoms with Gasteiger partial charge in [0.2, 0.25) is 0 Å². The molecule has 51 heavy (non-hydrogen) atoms. The second-order valence-corrected chi connectivity index (χ2v) is 14.2. The van der Waals surface area contributed by atoms with Gasteiger partial charge >= 0.3 is 0 Å². The number of aryl methyl sites for hydroxylation is 1. The molecule has 2 atom stereocenters. The number of halogens is 1. The molecule has 0 spiro atoms. The Balaban J connectivity index is 1.14. The maximum Gasteiger partial charge on any atom is 0.278 e. The fourth-order valence-corrected chi connectivity index (χ4v) is 7.74. The molecule has 4 aliphatic rings. The van der Waals surface area contributed by atoms with Gasteiger partial charge in [-0.3, -0.25) is 19.4 Å². The van der Waals surface area contributed by atoms with Crippen LogP contribution in [0.15, 0.2) is 71.3 Å². The number of piperazine rings is 2. The van der Waals surface area contributed by atoms with E-state index >= 15 is 4.39 Å². The SMILES string of the molecule is C=C1CCCCCN2CCN(c3nccc(-c4cc(Nc5ccc(N6C[C@@H](C)N(C7COC7)C[C@@H]6C)cn5)c(=O)n(C)c4)c3CO)C(=O)/C2=C/1F. The van der Waals surface area contributed by atoms with Gasteiger partial charge in [0.15, 0.2) is 5.83 Å². The van der Waals surface area contributed by atoms with Gasteiger partial charge in [-0.05, 0) is 68.5 Å². The van der Waals surface area contributed by atoms with Crippen LogP contribution >= 0.6 is 0 Å². The molecule has 0 saturated carbocycles. The Kier molecular flexibility index (Phi) is 9.95. The van der Waals surface area contributed by atoms with Crippen LogP contribution in [0.4, 0.5) is 27.4 Å². The molecule has 3 aromatic heterocycles.